The van der Waals surface area contributed by atoms with E-state index in [9.17, 15) is 0 Å². The molecule has 0 saturated heterocycles. The van der Waals surface area contributed by atoms with E-state index in [1.165, 1.54) is 47.3 Å². The SMILES string of the molecule is C=C.CC.c1ccc(-c2ccc(-c3nc(-c4ccc(-c5ccccc5)cc4)nc(-n4c5c(-c6cccc7c6sc6ccccc67)cccc5c5c6ccccc6c6ccccc6c54)n3)cc2)cc1. The third kappa shape index (κ3) is 7.12. The number of thiophene rings is 1. The van der Waals surface area contributed by atoms with Crippen molar-refractivity contribution < 1.29 is 0 Å². The fourth-order valence-corrected chi connectivity index (χ4v) is 10.9. The minimum Gasteiger partial charge on any atom is -0.277 e. The molecule has 0 N–H and O–H groups in total. The molecule has 0 atom stereocenters. The first-order chi connectivity index (χ1) is 33.7. The van der Waals surface area contributed by atoms with Crippen LogP contribution in [0.2, 0.25) is 0 Å². The minimum atomic E-state index is 0.565. The maximum atomic E-state index is 5.50. The van der Waals surface area contributed by atoms with Crippen molar-refractivity contribution in [2.75, 3.05) is 0 Å². The van der Waals surface area contributed by atoms with Crippen LogP contribution in [0.5, 0.6) is 0 Å². The Bertz CT molecular complexity index is 3840. The second kappa shape index (κ2) is 18.0. The molecule has 0 fully saturated rings. The van der Waals surface area contributed by atoms with Crippen molar-refractivity contribution in [3.63, 3.8) is 0 Å². The van der Waals surface area contributed by atoms with E-state index >= 15 is 0 Å². The summed E-state index contributed by atoms with van der Waals surface area (Å²) in [7, 11) is 0. The lowest BCUT2D eigenvalue weighted by atomic mass is 9.95. The molecule has 0 aliphatic rings. The van der Waals surface area contributed by atoms with E-state index in [4.69, 9.17) is 15.0 Å². The van der Waals surface area contributed by atoms with Crippen molar-refractivity contribution in [2.45, 2.75) is 13.8 Å². The summed E-state index contributed by atoms with van der Waals surface area (Å²) < 4.78 is 4.88. The normalized spacial score (nSPS) is 11.2. The minimum absolute atomic E-state index is 0.565. The molecule has 3 heterocycles. The Labute approximate surface area is 399 Å². The van der Waals surface area contributed by atoms with Gasteiger partial charge in [-0.3, -0.25) is 4.57 Å². The Kier molecular flexibility index (Phi) is 11.2. The Morgan fingerprint density at radius 1 is 0.338 bits per heavy atom. The highest BCUT2D eigenvalue weighted by atomic mass is 32.1. The summed E-state index contributed by atoms with van der Waals surface area (Å²) in [5, 5.41) is 9.60. The third-order valence-corrected chi connectivity index (χ3v) is 13.9. The first-order valence-electron chi connectivity index (χ1n) is 23.1. The molecule has 5 heteroatoms. The van der Waals surface area contributed by atoms with Gasteiger partial charge in [-0.25, -0.2) is 4.98 Å². The second-order valence-electron chi connectivity index (χ2n) is 16.3. The Morgan fingerprint density at radius 3 is 1.35 bits per heavy atom. The average Bonchev–Trinajstić information content (AvgIpc) is 4.00. The molecule has 324 valence electrons. The van der Waals surface area contributed by atoms with Crippen LogP contribution in [0, 0.1) is 0 Å². The van der Waals surface area contributed by atoms with E-state index in [0.717, 1.165) is 60.8 Å². The Hall–Kier alpha value is -8.51. The van der Waals surface area contributed by atoms with Crippen molar-refractivity contribution in [1.82, 2.24) is 19.5 Å². The number of benzene rings is 10. The number of nitrogens with zero attached hydrogens (tertiary/aromatic N) is 4. The van der Waals surface area contributed by atoms with Crippen LogP contribution in [0.15, 0.2) is 232 Å². The van der Waals surface area contributed by atoms with E-state index in [2.05, 4.69) is 224 Å². The lowest BCUT2D eigenvalue weighted by Gasteiger charge is -2.15. The average molecular weight is 891 g/mol. The third-order valence-electron chi connectivity index (χ3n) is 12.7. The molecule has 0 radical (unpaired) electrons. The van der Waals surface area contributed by atoms with Crippen LogP contribution in [-0.2, 0) is 0 Å². The molecule has 0 saturated carbocycles. The molecule has 0 aliphatic heterocycles. The van der Waals surface area contributed by atoms with E-state index in [-0.39, 0.29) is 0 Å². The van der Waals surface area contributed by atoms with E-state index in [0.29, 0.717) is 17.6 Å². The molecule has 0 amide bonds. The van der Waals surface area contributed by atoms with Gasteiger partial charge in [-0.05, 0) is 44.5 Å². The highest BCUT2D eigenvalue weighted by molar-refractivity contribution is 7.26. The van der Waals surface area contributed by atoms with Crippen LogP contribution >= 0.6 is 11.3 Å². The van der Waals surface area contributed by atoms with Crippen LogP contribution < -0.4 is 0 Å². The van der Waals surface area contributed by atoms with E-state index < -0.39 is 0 Å². The van der Waals surface area contributed by atoms with Gasteiger partial charge in [0.15, 0.2) is 11.6 Å². The van der Waals surface area contributed by atoms with Crippen molar-refractivity contribution in [2.24, 2.45) is 0 Å². The molecule has 4 nitrogen and oxygen atoms in total. The van der Waals surface area contributed by atoms with Gasteiger partial charge in [0.1, 0.15) is 0 Å². The summed E-state index contributed by atoms with van der Waals surface area (Å²) in [5.74, 6) is 1.78. The second-order valence-corrected chi connectivity index (χ2v) is 17.4. The number of aromatic nitrogens is 4. The fraction of sp³-hybridized carbons (Fsp3) is 0.0317. The van der Waals surface area contributed by atoms with Crippen molar-refractivity contribution >= 4 is 74.9 Å². The Morgan fingerprint density at radius 2 is 0.765 bits per heavy atom. The van der Waals surface area contributed by atoms with Gasteiger partial charge < -0.3 is 0 Å². The van der Waals surface area contributed by atoms with E-state index in [1.807, 2.05) is 37.3 Å². The number of hydrogen-bond donors (Lipinski definition) is 0. The summed E-state index contributed by atoms with van der Waals surface area (Å²) in [5.41, 5.74) is 10.9. The zero-order valence-electron chi connectivity index (χ0n) is 37.9. The molecule has 0 bridgehead atoms. The molecule has 10 aromatic carbocycles. The molecular formula is C63H46N4S. The fourth-order valence-electron chi connectivity index (χ4n) is 9.71. The van der Waals surface area contributed by atoms with Crippen LogP contribution in [0.3, 0.4) is 0 Å². The van der Waals surface area contributed by atoms with Crippen molar-refractivity contribution in [3.8, 4) is 62.1 Å². The predicted octanol–water partition coefficient (Wildman–Crippen LogP) is 17.8. The molecule has 13 rings (SSSR count). The van der Waals surface area contributed by atoms with Gasteiger partial charge in [0, 0.05) is 58.6 Å². The quantitative estimate of drug-likeness (QED) is 0.123. The van der Waals surface area contributed by atoms with Gasteiger partial charge >= 0.3 is 0 Å². The maximum absolute atomic E-state index is 5.50. The van der Waals surface area contributed by atoms with Gasteiger partial charge in [0.2, 0.25) is 5.95 Å². The standard InChI is InChI=1S/C59H36N4S.C2H6.C2H4/c1-3-15-37(16-4-1)39-29-33-41(34-30-39)57-60-58(42-35-31-40(32-36-42)38-17-5-2-6-18-38)62-59(61-57)63-54-48(50-26-14-25-49-45-21-11-12-28-52(45)64-56(49)50)24-13-27-51(54)53-46-22-9-7-19-43(46)44-20-8-10-23-47(44)55(53)63;2*1-2/h1-36H;1-2H3;1-2H2. The summed E-state index contributed by atoms with van der Waals surface area (Å²) in [4.78, 5) is 16.3. The van der Waals surface area contributed by atoms with E-state index in [1.54, 1.807) is 0 Å². The largest absolute Gasteiger partial charge is 0.277 e. The van der Waals surface area contributed by atoms with Gasteiger partial charge in [-0.1, -0.05) is 226 Å². The molecule has 0 spiro atoms. The monoisotopic (exact) mass is 890 g/mol. The first kappa shape index (κ1) is 42.1. The number of rotatable bonds is 6. The van der Waals surface area contributed by atoms with Crippen molar-refractivity contribution in [3.05, 3.63) is 232 Å². The molecule has 0 unspecified atom stereocenters. The van der Waals surface area contributed by atoms with Crippen LogP contribution in [-0.4, -0.2) is 19.5 Å². The summed E-state index contributed by atoms with van der Waals surface area (Å²) in [6.45, 7) is 10.0. The molecular weight excluding hydrogens is 845 g/mol. The molecule has 68 heavy (non-hydrogen) atoms. The zero-order valence-corrected chi connectivity index (χ0v) is 38.7. The van der Waals surface area contributed by atoms with Gasteiger partial charge in [0.25, 0.3) is 0 Å². The highest BCUT2D eigenvalue weighted by Gasteiger charge is 2.25. The van der Waals surface area contributed by atoms with Crippen molar-refractivity contribution in [1.29, 1.82) is 0 Å². The molecule has 0 aliphatic carbocycles. The number of fused-ring (bicyclic) bond motifs is 11. The lowest BCUT2D eigenvalue weighted by molar-refractivity contribution is 0.955. The van der Waals surface area contributed by atoms with Crippen LogP contribution in [0.1, 0.15) is 13.8 Å². The summed E-state index contributed by atoms with van der Waals surface area (Å²) in [6, 6.07) is 77.9. The predicted molar refractivity (Wildman–Crippen MR) is 292 cm³/mol. The van der Waals surface area contributed by atoms with Crippen LogP contribution in [0.25, 0.3) is 126 Å². The van der Waals surface area contributed by atoms with Gasteiger partial charge in [0.05, 0.1) is 11.0 Å². The highest BCUT2D eigenvalue weighted by Crippen LogP contribution is 2.47. The number of para-hydroxylation sites is 1. The van der Waals surface area contributed by atoms with Gasteiger partial charge in [-0.2, -0.15) is 9.97 Å². The maximum Gasteiger partial charge on any atom is 0.238 e. The molecule has 13 aromatic rings. The molecule has 3 aromatic heterocycles. The summed E-state index contributed by atoms with van der Waals surface area (Å²) in [6.07, 6.45) is 0. The summed E-state index contributed by atoms with van der Waals surface area (Å²) >= 11 is 1.85. The topological polar surface area (TPSA) is 43.6 Å². The van der Waals surface area contributed by atoms with Gasteiger partial charge in [-0.15, -0.1) is 24.5 Å². The first-order valence-corrected chi connectivity index (χ1v) is 23.9. The Balaban J connectivity index is 0.00000124. The zero-order chi connectivity index (χ0) is 46.1. The smallest absolute Gasteiger partial charge is 0.238 e. The van der Waals surface area contributed by atoms with Crippen LogP contribution in [0.4, 0.5) is 0 Å². The lowest BCUT2D eigenvalue weighted by Crippen LogP contribution is -2.07. The number of hydrogen-bond acceptors (Lipinski definition) is 4.